The maximum atomic E-state index is 11.6. The van der Waals surface area contributed by atoms with Gasteiger partial charge >= 0.3 is 12.0 Å². The molecule has 5 heteroatoms. The van der Waals surface area contributed by atoms with Crippen LogP contribution in [0.15, 0.2) is 0 Å². The molecule has 0 aliphatic rings. The van der Waals surface area contributed by atoms with Gasteiger partial charge in [-0.1, -0.05) is 40.5 Å². The highest BCUT2D eigenvalue weighted by Crippen LogP contribution is 2.06. The summed E-state index contributed by atoms with van der Waals surface area (Å²) in [5.41, 5.74) is 0. The summed E-state index contributed by atoms with van der Waals surface area (Å²) in [7, 11) is 0. The first-order valence-corrected chi connectivity index (χ1v) is 7.10. The van der Waals surface area contributed by atoms with E-state index < -0.39 is 18.0 Å². The first kappa shape index (κ1) is 17.7. The first-order chi connectivity index (χ1) is 8.82. The van der Waals surface area contributed by atoms with Crippen molar-refractivity contribution in [3.63, 3.8) is 0 Å². The van der Waals surface area contributed by atoms with Crippen LogP contribution in [0, 0.1) is 11.8 Å². The van der Waals surface area contributed by atoms with Gasteiger partial charge in [0, 0.05) is 6.54 Å². The summed E-state index contributed by atoms with van der Waals surface area (Å²) in [5.74, 6) is -0.0765. The van der Waals surface area contributed by atoms with E-state index in [1.165, 1.54) is 0 Å². The lowest BCUT2D eigenvalue weighted by atomic mass is 10.0. The van der Waals surface area contributed by atoms with Crippen molar-refractivity contribution in [1.29, 1.82) is 0 Å². The van der Waals surface area contributed by atoms with Crippen LogP contribution in [-0.2, 0) is 4.79 Å². The standard InChI is InChI=1S/C14H28N2O3/c1-10(2)7-5-6-8-15-14(19)16-12(13(17)18)9-11(3)4/h10-12H,5-9H2,1-4H3,(H,17,18)(H2,15,16,19)/t12-/m0/s1. The van der Waals surface area contributed by atoms with Crippen molar-refractivity contribution in [1.82, 2.24) is 10.6 Å². The summed E-state index contributed by atoms with van der Waals surface area (Å²) in [6.07, 6.45) is 3.59. The molecular formula is C14H28N2O3. The molecule has 0 aliphatic carbocycles. The molecule has 0 bridgehead atoms. The summed E-state index contributed by atoms with van der Waals surface area (Å²) >= 11 is 0. The quantitative estimate of drug-likeness (QED) is 0.564. The van der Waals surface area contributed by atoms with E-state index in [-0.39, 0.29) is 5.92 Å². The summed E-state index contributed by atoms with van der Waals surface area (Å²) in [6, 6.07) is -1.20. The Labute approximate surface area is 116 Å². The van der Waals surface area contributed by atoms with E-state index >= 15 is 0 Å². The van der Waals surface area contributed by atoms with Crippen LogP contribution in [0.1, 0.15) is 53.4 Å². The molecule has 112 valence electrons. The van der Waals surface area contributed by atoms with E-state index in [0.29, 0.717) is 18.9 Å². The predicted octanol–water partition coefficient (Wildman–Crippen LogP) is 2.61. The minimum absolute atomic E-state index is 0.229. The van der Waals surface area contributed by atoms with Crippen molar-refractivity contribution in [2.24, 2.45) is 11.8 Å². The Bertz CT molecular complexity index is 278. The van der Waals surface area contributed by atoms with E-state index in [4.69, 9.17) is 5.11 Å². The molecule has 0 aromatic rings. The molecule has 0 saturated heterocycles. The Morgan fingerprint density at radius 3 is 2.16 bits per heavy atom. The number of hydrogen-bond acceptors (Lipinski definition) is 2. The van der Waals surface area contributed by atoms with Crippen molar-refractivity contribution in [3.8, 4) is 0 Å². The second-order valence-electron chi connectivity index (χ2n) is 5.81. The molecule has 5 nitrogen and oxygen atoms in total. The van der Waals surface area contributed by atoms with Gasteiger partial charge in [0.15, 0.2) is 0 Å². The zero-order chi connectivity index (χ0) is 14.8. The van der Waals surface area contributed by atoms with Crippen molar-refractivity contribution in [2.75, 3.05) is 6.54 Å². The number of rotatable bonds is 9. The minimum atomic E-state index is -0.983. The molecule has 0 radical (unpaired) electrons. The average molecular weight is 272 g/mol. The third kappa shape index (κ3) is 10.4. The second-order valence-corrected chi connectivity index (χ2v) is 5.81. The van der Waals surface area contributed by atoms with Crippen LogP contribution in [0.2, 0.25) is 0 Å². The molecule has 0 fully saturated rings. The zero-order valence-electron chi connectivity index (χ0n) is 12.5. The van der Waals surface area contributed by atoms with Crippen LogP contribution in [-0.4, -0.2) is 29.7 Å². The van der Waals surface area contributed by atoms with Gasteiger partial charge in [-0.25, -0.2) is 9.59 Å². The molecule has 1 atom stereocenters. The highest BCUT2D eigenvalue weighted by Gasteiger charge is 2.20. The summed E-state index contributed by atoms with van der Waals surface area (Å²) in [5, 5.41) is 14.2. The molecule has 0 spiro atoms. The van der Waals surface area contributed by atoms with Crippen molar-refractivity contribution in [2.45, 2.75) is 59.4 Å². The van der Waals surface area contributed by atoms with Crippen molar-refractivity contribution >= 4 is 12.0 Å². The lowest BCUT2D eigenvalue weighted by molar-refractivity contribution is -0.139. The SMILES string of the molecule is CC(C)CCCCNC(=O)N[C@@H](CC(C)C)C(=O)O. The molecule has 0 aromatic carbocycles. The third-order valence-corrected chi connectivity index (χ3v) is 2.80. The van der Waals surface area contributed by atoms with Gasteiger partial charge in [-0.05, 0) is 24.7 Å². The zero-order valence-corrected chi connectivity index (χ0v) is 12.5. The Kier molecular flexibility index (Phi) is 9.00. The lowest BCUT2D eigenvalue weighted by Gasteiger charge is -2.17. The van der Waals surface area contributed by atoms with E-state index in [0.717, 1.165) is 19.3 Å². The number of unbranched alkanes of at least 4 members (excludes halogenated alkanes) is 1. The number of amides is 2. The topological polar surface area (TPSA) is 78.4 Å². The van der Waals surface area contributed by atoms with Gasteiger partial charge < -0.3 is 15.7 Å². The molecule has 0 aromatic heterocycles. The molecule has 0 heterocycles. The van der Waals surface area contributed by atoms with Gasteiger partial charge in [-0.2, -0.15) is 0 Å². The number of carbonyl (C=O) groups excluding carboxylic acids is 1. The van der Waals surface area contributed by atoms with Crippen LogP contribution < -0.4 is 10.6 Å². The first-order valence-electron chi connectivity index (χ1n) is 7.10. The minimum Gasteiger partial charge on any atom is -0.480 e. The highest BCUT2D eigenvalue weighted by molar-refractivity contribution is 5.82. The van der Waals surface area contributed by atoms with Crippen molar-refractivity contribution in [3.05, 3.63) is 0 Å². The fourth-order valence-electron chi connectivity index (χ4n) is 1.78. The number of urea groups is 1. The third-order valence-electron chi connectivity index (χ3n) is 2.80. The number of carboxylic acid groups (broad SMARTS) is 1. The van der Waals surface area contributed by atoms with Crippen LogP contribution in [0.25, 0.3) is 0 Å². The molecule has 0 saturated carbocycles. The molecule has 0 aliphatic heterocycles. The molecule has 0 unspecified atom stereocenters. The molecule has 0 rings (SSSR count). The van der Waals surface area contributed by atoms with Crippen LogP contribution in [0.5, 0.6) is 0 Å². The lowest BCUT2D eigenvalue weighted by Crippen LogP contribution is -2.46. The van der Waals surface area contributed by atoms with Gasteiger partial charge in [0.2, 0.25) is 0 Å². The smallest absolute Gasteiger partial charge is 0.326 e. The molecule has 19 heavy (non-hydrogen) atoms. The fourth-order valence-corrected chi connectivity index (χ4v) is 1.78. The van der Waals surface area contributed by atoms with E-state index in [1.54, 1.807) is 0 Å². The van der Waals surface area contributed by atoms with Crippen molar-refractivity contribution < 1.29 is 14.7 Å². The average Bonchev–Trinajstić information content (AvgIpc) is 2.26. The van der Waals surface area contributed by atoms with Crippen LogP contribution in [0.3, 0.4) is 0 Å². The monoisotopic (exact) mass is 272 g/mol. The van der Waals surface area contributed by atoms with Gasteiger partial charge in [0.25, 0.3) is 0 Å². The van der Waals surface area contributed by atoms with Gasteiger partial charge in [0.1, 0.15) is 6.04 Å². The number of carbonyl (C=O) groups is 2. The van der Waals surface area contributed by atoms with E-state index in [9.17, 15) is 9.59 Å². The Morgan fingerprint density at radius 1 is 1.05 bits per heavy atom. The summed E-state index contributed by atoms with van der Waals surface area (Å²) in [4.78, 5) is 22.5. The molecular weight excluding hydrogens is 244 g/mol. The highest BCUT2D eigenvalue weighted by atomic mass is 16.4. The second kappa shape index (κ2) is 9.64. The molecule has 3 N–H and O–H groups in total. The summed E-state index contributed by atoms with van der Waals surface area (Å²) < 4.78 is 0. The number of hydrogen-bond donors (Lipinski definition) is 3. The largest absolute Gasteiger partial charge is 0.480 e. The number of carboxylic acids is 1. The van der Waals surface area contributed by atoms with Gasteiger partial charge in [-0.15, -0.1) is 0 Å². The molecule has 2 amide bonds. The van der Waals surface area contributed by atoms with Crippen LogP contribution >= 0.6 is 0 Å². The maximum Gasteiger partial charge on any atom is 0.326 e. The number of nitrogens with one attached hydrogen (secondary N) is 2. The Morgan fingerprint density at radius 2 is 1.68 bits per heavy atom. The van der Waals surface area contributed by atoms with Gasteiger partial charge in [0.05, 0.1) is 0 Å². The predicted molar refractivity (Wildman–Crippen MR) is 76.1 cm³/mol. The fraction of sp³-hybridized carbons (Fsp3) is 0.857. The van der Waals surface area contributed by atoms with Crippen LogP contribution in [0.4, 0.5) is 4.79 Å². The van der Waals surface area contributed by atoms with E-state index in [1.807, 2.05) is 13.8 Å². The number of aliphatic carboxylic acids is 1. The maximum absolute atomic E-state index is 11.6. The summed E-state index contributed by atoms with van der Waals surface area (Å²) in [6.45, 7) is 8.79. The van der Waals surface area contributed by atoms with Gasteiger partial charge in [-0.3, -0.25) is 0 Å². The van der Waals surface area contributed by atoms with E-state index in [2.05, 4.69) is 24.5 Å². The Hall–Kier alpha value is -1.26. The normalized spacial score (nSPS) is 12.5. The Balaban J connectivity index is 3.84.